The number of thiazole rings is 1. The summed E-state index contributed by atoms with van der Waals surface area (Å²) in [5, 5.41) is 1.82. The first-order chi connectivity index (χ1) is 14.6. The Morgan fingerprint density at radius 2 is 1.80 bits per heavy atom. The predicted octanol–water partition coefficient (Wildman–Crippen LogP) is 2.95. The number of nitrogens with zero attached hydrogens (tertiary/aromatic N) is 3. The summed E-state index contributed by atoms with van der Waals surface area (Å²) >= 11 is 1.30. The van der Waals surface area contributed by atoms with Crippen molar-refractivity contribution in [3.05, 3.63) is 87.4 Å². The third-order valence-electron chi connectivity index (χ3n) is 4.81. The highest BCUT2D eigenvalue weighted by Crippen LogP contribution is 2.11. The van der Waals surface area contributed by atoms with E-state index in [1.165, 1.54) is 29.5 Å². The molecular weight excluding hydrogens is 405 g/mol. The molecule has 0 radical (unpaired) electrons. The zero-order chi connectivity index (χ0) is 20.9. The Balaban J connectivity index is 1.49. The van der Waals surface area contributed by atoms with E-state index in [-0.39, 0.29) is 11.5 Å². The van der Waals surface area contributed by atoms with Crippen LogP contribution in [0.4, 0.5) is 4.39 Å². The van der Waals surface area contributed by atoms with E-state index >= 15 is 0 Å². The van der Waals surface area contributed by atoms with Crippen LogP contribution in [0, 0.1) is 5.82 Å². The first-order valence-electron chi connectivity index (χ1n) is 9.55. The first-order valence-corrected chi connectivity index (χ1v) is 10.4. The van der Waals surface area contributed by atoms with Gasteiger partial charge in [-0.25, -0.2) is 4.39 Å². The summed E-state index contributed by atoms with van der Waals surface area (Å²) in [6, 6.07) is 13.2. The second-order valence-corrected chi connectivity index (χ2v) is 7.68. The molecule has 1 fully saturated rings. The van der Waals surface area contributed by atoms with Crippen LogP contribution in [0.3, 0.4) is 0 Å². The largest absolute Gasteiger partial charge is 0.378 e. The molecule has 8 heteroatoms. The van der Waals surface area contributed by atoms with E-state index < -0.39 is 11.7 Å². The zero-order valence-corrected chi connectivity index (χ0v) is 17.0. The van der Waals surface area contributed by atoms with Crippen molar-refractivity contribution >= 4 is 23.2 Å². The van der Waals surface area contributed by atoms with E-state index in [4.69, 9.17) is 4.74 Å². The van der Waals surface area contributed by atoms with Crippen molar-refractivity contribution in [1.29, 1.82) is 0 Å². The average molecular weight is 425 g/mol. The molecule has 2 aromatic carbocycles. The van der Waals surface area contributed by atoms with E-state index in [1.807, 2.05) is 28.3 Å². The molecule has 1 aliphatic rings. The summed E-state index contributed by atoms with van der Waals surface area (Å²) in [6.45, 7) is 2.82. The second kappa shape index (κ2) is 9.15. The quantitative estimate of drug-likeness (QED) is 0.646. The lowest BCUT2D eigenvalue weighted by Gasteiger charge is -2.26. The third-order valence-corrected chi connectivity index (χ3v) is 5.61. The van der Waals surface area contributed by atoms with Crippen molar-refractivity contribution in [1.82, 2.24) is 9.47 Å². The minimum Gasteiger partial charge on any atom is -0.378 e. The van der Waals surface area contributed by atoms with Crippen LogP contribution in [0.25, 0.3) is 0 Å². The lowest BCUT2D eigenvalue weighted by atomic mass is 10.1. The Morgan fingerprint density at radius 1 is 1.07 bits per heavy atom. The number of halogens is 1. The van der Waals surface area contributed by atoms with Crippen molar-refractivity contribution in [3.63, 3.8) is 0 Å². The number of morpholine rings is 1. The van der Waals surface area contributed by atoms with Gasteiger partial charge in [0.25, 0.3) is 11.8 Å². The molecule has 1 aromatic heterocycles. The van der Waals surface area contributed by atoms with Crippen LogP contribution in [0.1, 0.15) is 26.3 Å². The zero-order valence-electron chi connectivity index (χ0n) is 16.2. The molecule has 2 heterocycles. The van der Waals surface area contributed by atoms with Crippen LogP contribution in [0.15, 0.2) is 65.1 Å². The third kappa shape index (κ3) is 4.55. The molecule has 0 spiro atoms. The molecule has 0 saturated carbocycles. The van der Waals surface area contributed by atoms with Gasteiger partial charge >= 0.3 is 0 Å². The topological polar surface area (TPSA) is 63.9 Å². The molecule has 4 rings (SSSR count). The Bertz CT molecular complexity index is 1110. The van der Waals surface area contributed by atoms with E-state index in [0.29, 0.717) is 43.2 Å². The SMILES string of the molecule is O=C(N=c1sccn1Cc1ccc(C(=O)N2CCOCC2)cc1)c1ccccc1F. The van der Waals surface area contributed by atoms with Gasteiger partial charge in [0.2, 0.25) is 0 Å². The Morgan fingerprint density at radius 3 is 2.53 bits per heavy atom. The number of carbonyl (C=O) groups excluding carboxylic acids is 2. The average Bonchev–Trinajstić information content (AvgIpc) is 3.21. The number of amides is 2. The van der Waals surface area contributed by atoms with E-state index in [9.17, 15) is 14.0 Å². The highest BCUT2D eigenvalue weighted by atomic mass is 32.1. The number of rotatable bonds is 4. The van der Waals surface area contributed by atoms with Crippen molar-refractivity contribution in [2.24, 2.45) is 4.99 Å². The van der Waals surface area contributed by atoms with Crippen molar-refractivity contribution < 1.29 is 18.7 Å². The fourth-order valence-corrected chi connectivity index (χ4v) is 3.91. The van der Waals surface area contributed by atoms with Gasteiger partial charge in [0.1, 0.15) is 5.82 Å². The predicted molar refractivity (Wildman–Crippen MR) is 111 cm³/mol. The standard InChI is InChI=1S/C22H20FN3O3S/c23-19-4-2-1-3-18(19)20(27)24-22-26(11-14-30-22)15-16-5-7-17(8-6-16)21(28)25-9-12-29-13-10-25/h1-8,11,14H,9-10,12-13,15H2. The van der Waals surface area contributed by atoms with Crippen molar-refractivity contribution in [3.8, 4) is 0 Å². The molecule has 3 aromatic rings. The Labute approximate surface area is 176 Å². The maximum atomic E-state index is 13.8. The number of ether oxygens (including phenoxy) is 1. The maximum absolute atomic E-state index is 13.8. The molecule has 0 aliphatic carbocycles. The number of aromatic nitrogens is 1. The minimum absolute atomic E-state index is 0.000732. The summed E-state index contributed by atoms with van der Waals surface area (Å²) in [5.41, 5.74) is 1.55. The van der Waals surface area contributed by atoms with E-state index in [2.05, 4.69) is 4.99 Å². The van der Waals surface area contributed by atoms with Crippen molar-refractivity contribution in [2.75, 3.05) is 26.3 Å². The molecule has 2 amide bonds. The fourth-order valence-electron chi connectivity index (χ4n) is 3.19. The second-order valence-electron chi connectivity index (χ2n) is 6.81. The minimum atomic E-state index is -0.615. The molecule has 1 aliphatic heterocycles. The molecule has 0 bridgehead atoms. The van der Waals surface area contributed by atoms with Crippen LogP contribution >= 0.6 is 11.3 Å². The highest BCUT2D eigenvalue weighted by molar-refractivity contribution is 7.07. The maximum Gasteiger partial charge on any atom is 0.282 e. The Kier molecular flexibility index (Phi) is 6.15. The number of carbonyl (C=O) groups is 2. The summed E-state index contributed by atoms with van der Waals surface area (Å²) in [6.07, 6.45) is 1.82. The molecule has 0 atom stereocenters. The molecular formula is C22H20FN3O3S. The molecule has 30 heavy (non-hydrogen) atoms. The van der Waals surface area contributed by atoms with Crippen LogP contribution < -0.4 is 4.80 Å². The van der Waals surface area contributed by atoms with Gasteiger partial charge in [-0.2, -0.15) is 4.99 Å². The number of benzene rings is 2. The summed E-state index contributed by atoms with van der Waals surface area (Å²) in [4.78, 5) is 31.2. The van der Waals surface area contributed by atoms with Gasteiger partial charge in [-0.05, 0) is 29.8 Å². The summed E-state index contributed by atoms with van der Waals surface area (Å²) in [7, 11) is 0. The number of hydrogen-bond donors (Lipinski definition) is 0. The van der Waals surface area contributed by atoms with Gasteiger partial charge in [-0.3, -0.25) is 9.59 Å². The lowest BCUT2D eigenvalue weighted by Crippen LogP contribution is -2.40. The molecule has 0 unspecified atom stereocenters. The van der Waals surface area contributed by atoms with E-state index in [1.54, 1.807) is 23.1 Å². The van der Waals surface area contributed by atoms with Crippen LogP contribution in [0.2, 0.25) is 0 Å². The van der Waals surface area contributed by atoms with Gasteiger partial charge in [-0.15, -0.1) is 11.3 Å². The van der Waals surface area contributed by atoms with Gasteiger partial charge in [-0.1, -0.05) is 24.3 Å². The van der Waals surface area contributed by atoms with Gasteiger partial charge in [0.05, 0.1) is 18.8 Å². The Hall–Kier alpha value is -3.10. The van der Waals surface area contributed by atoms with Crippen LogP contribution in [-0.4, -0.2) is 47.6 Å². The molecule has 1 saturated heterocycles. The van der Waals surface area contributed by atoms with Crippen LogP contribution in [0.5, 0.6) is 0 Å². The van der Waals surface area contributed by atoms with Crippen LogP contribution in [-0.2, 0) is 11.3 Å². The monoisotopic (exact) mass is 425 g/mol. The summed E-state index contributed by atoms with van der Waals surface area (Å²) < 4.78 is 20.9. The van der Waals surface area contributed by atoms with Gasteiger partial charge < -0.3 is 14.2 Å². The van der Waals surface area contributed by atoms with Gasteiger partial charge in [0, 0.05) is 36.8 Å². The van der Waals surface area contributed by atoms with E-state index in [0.717, 1.165) is 5.56 Å². The highest BCUT2D eigenvalue weighted by Gasteiger charge is 2.18. The molecule has 0 N–H and O–H groups in total. The fraction of sp³-hybridized carbons (Fsp3) is 0.227. The normalized spacial score (nSPS) is 14.7. The van der Waals surface area contributed by atoms with Gasteiger partial charge in [0.15, 0.2) is 4.80 Å². The number of hydrogen-bond acceptors (Lipinski definition) is 4. The lowest BCUT2D eigenvalue weighted by molar-refractivity contribution is 0.0303. The smallest absolute Gasteiger partial charge is 0.282 e. The molecule has 154 valence electrons. The molecule has 6 nitrogen and oxygen atoms in total. The van der Waals surface area contributed by atoms with Crippen molar-refractivity contribution in [2.45, 2.75) is 6.54 Å². The summed E-state index contributed by atoms with van der Waals surface area (Å²) in [5.74, 6) is -1.20. The first kappa shape index (κ1) is 20.2.